The van der Waals surface area contributed by atoms with E-state index in [1.54, 1.807) is 18.5 Å². The van der Waals surface area contributed by atoms with Crippen molar-refractivity contribution in [2.24, 2.45) is 0 Å². The van der Waals surface area contributed by atoms with Crippen molar-refractivity contribution in [1.29, 1.82) is 0 Å². The largest absolute Gasteiger partial charge is 0.478 e. The number of aromatic carboxylic acids is 1. The number of furan rings is 1. The summed E-state index contributed by atoms with van der Waals surface area (Å²) >= 11 is 0. The summed E-state index contributed by atoms with van der Waals surface area (Å²) in [6.07, 6.45) is 5.92. The molecule has 0 saturated heterocycles. The number of rotatable bonds is 3. The first-order valence-electron chi connectivity index (χ1n) is 5.48. The number of nitrogens with zero attached hydrogens (tertiary/aromatic N) is 3. The Morgan fingerprint density at radius 3 is 3.00 bits per heavy atom. The van der Waals surface area contributed by atoms with Crippen molar-refractivity contribution in [2.45, 2.75) is 6.54 Å². The first-order chi connectivity index (χ1) is 9.15. The summed E-state index contributed by atoms with van der Waals surface area (Å²) in [4.78, 5) is 22.8. The number of hydrogen-bond acceptors (Lipinski definition) is 4. The highest BCUT2D eigenvalue weighted by Crippen LogP contribution is 2.09. The third kappa shape index (κ3) is 1.90. The molecule has 3 aromatic heterocycles. The van der Waals surface area contributed by atoms with Crippen LogP contribution >= 0.6 is 0 Å². The lowest BCUT2D eigenvalue weighted by Crippen LogP contribution is -2.21. The minimum atomic E-state index is -1.06. The van der Waals surface area contributed by atoms with Crippen LogP contribution in [0.4, 0.5) is 0 Å². The summed E-state index contributed by atoms with van der Waals surface area (Å²) in [5.74, 6) is -0.656. The van der Waals surface area contributed by atoms with E-state index in [1.807, 2.05) is 0 Å². The van der Waals surface area contributed by atoms with E-state index in [2.05, 4.69) is 5.10 Å². The fraction of sp³-hybridized carbons (Fsp3) is 0.0833. The molecule has 0 saturated carbocycles. The molecule has 0 amide bonds. The van der Waals surface area contributed by atoms with Crippen molar-refractivity contribution in [3.8, 4) is 0 Å². The smallest absolute Gasteiger partial charge is 0.338 e. The molecule has 3 heterocycles. The zero-order valence-electron chi connectivity index (χ0n) is 9.68. The molecule has 7 nitrogen and oxygen atoms in total. The number of carbonyl (C=O) groups is 1. The number of fused-ring (bicyclic) bond motifs is 1. The molecule has 3 rings (SSSR count). The van der Waals surface area contributed by atoms with Crippen molar-refractivity contribution in [3.05, 3.63) is 58.7 Å². The molecule has 0 radical (unpaired) electrons. The van der Waals surface area contributed by atoms with Crippen molar-refractivity contribution in [2.75, 3.05) is 0 Å². The van der Waals surface area contributed by atoms with Gasteiger partial charge < -0.3 is 14.1 Å². The van der Waals surface area contributed by atoms with Crippen LogP contribution in [0, 0.1) is 0 Å². The van der Waals surface area contributed by atoms with Gasteiger partial charge >= 0.3 is 5.97 Å². The number of carboxylic acids is 1. The molecular weight excluding hydrogens is 250 g/mol. The maximum Gasteiger partial charge on any atom is 0.338 e. The Bertz CT molecular complexity index is 812. The Balaban J connectivity index is 1.98. The van der Waals surface area contributed by atoms with E-state index in [1.165, 1.54) is 21.3 Å². The van der Waals surface area contributed by atoms with Crippen LogP contribution in [-0.2, 0) is 6.54 Å². The van der Waals surface area contributed by atoms with E-state index < -0.39 is 5.97 Å². The van der Waals surface area contributed by atoms with E-state index in [4.69, 9.17) is 9.52 Å². The molecule has 1 N–H and O–H groups in total. The van der Waals surface area contributed by atoms with Crippen LogP contribution in [-0.4, -0.2) is 25.3 Å². The lowest BCUT2D eigenvalue weighted by molar-refractivity contribution is 0.0696. The maximum atomic E-state index is 12.1. The Morgan fingerprint density at radius 1 is 1.42 bits per heavy atom. The Morgan fingerprint density at radius 2 is 2.26 bits per heavy atom. The number of aromatic nitrogens is 3. The highest BCUT2D eigenvalue weighted by Gasteiger charge is 2.10. The van der Waals surface area contributed by atoms with Gasteiger partial charge in [-0.3, -0.25) is 4.79 Å². The summed E-state index contributed by atoms with van der Waals surface area (Å²) in [5.41, 5.74) is 0.300. The second-order valence-corrected chi connectivity index (χ2v) is 4.00. The number of hydrogen-bond donors (Lipinski definition) is 1. The van der Waals surface area contributed by atoms with Gasteiger partial charge in [-0.25, -0.2) is 9.31 Å². The molecule has 0 bridgehead atoms. The molecule has 0 aromatic carbocycles. The van der Waals surface area contributed by atoms with Crippen LogP contribution < -0.4 is 5.56 Å². The normalized spacial score (nSPS) is 10.9. The second kappa shape index (κ2) is 4.13. The van der Waals surface area contributed by atoms with E-state index >= 15 is 0 Å². The lowest BCUT2D eigenvalue weighted by atomic mass is 10.3. The van der Waals surface area contributed by atoms with Gasteiger partial charge in [-0.1, -0.05) is 0 Å². The first kappa shape index (κ1) is 11.3. The SMILES string of the molecule is O=C(O)c1coc(Cn2ccn3nccc3c2=O)c1. The van der Waals surface area contributed by atoms with Crippen LogP contribution in [0.1, 0.15) is 16.1 Å². The average Bonchev–Trinajstić information content (AvgIpc) is 3.01. The maximum absolute atomic E-state index is 12.1. The van der Waals surface area contributed by atoms with Gasteiger partial charge in [-0.05, 0) is 12.1 Å². The van der Waals surface area contributed by atoms with Gasteiger partial charge in [-0.15, -0.1) is 0 Å². The summed E-state index contributed by atoms with van der Waals surface area (Å²) in [7, 11) is 0. The van der Waals surface area contributed by atoms with Crippen LogP contribution in [0.25, 0.3) is 5.52 Å². The van der Waals surface area contributed by atoms with E-state index in [0.717, 1.165) is 6.26 Å². The predicted molar refractivity (Wildman–Crippen MR) is 64.2 cm³/mol. The predicted octanol–water partition coefficient (Wildman–Crippen LogP) is 0.835. The van der Waals surface area contributed by atoms with Gasteiger partial charge in [0.2, 0.25) is 0 Å². The van der Waals surface area contributed by atoms with Crippen molar-refractivity contribution >= 4 is 11.5 Å². The van der Waals surface area contributed by atoms with Crippen LogP contribution in [0.2, 0.25) is 0 Å². The fourth-order valence-electron chi connectivity index (χ4n) is 1.83. The van der Waals surface area contributed by atoms with Crippen molar-refractivity contribution in [3.63, 3.8) is 0 Å². The quantitative estimate of drug-likeness (QED) is 0.752. The summed E-state index contributed by atoms with van der Waals surface area (Å²) in [5, 5.41) is 12.7. The number of carboxylic acid groups (broad SMARTS) is 1. The molecule has 7 heteroatoms. The molecule has 0 fully saturated rings. The van der Waals surface area contributed by atoms with E-state index in [9.17, 15) is 9.59 Å². The van der Waals surface area contributed by atoms with Gasteiger partial charge in [-0.2, -0.15) is 5.10 Å². The highest BCUT2D eigenvalue weighted by atomic mass is 16.4. The molecule has 3 aromatic rings. The summed E-state index contributed by atoms with van der Waals surface area (Å²) in [6, 6.07) is 3.01. The van der Waals surface area contributed by atoms with Gasteiger partial charge in [0.25, 0.3) is 5.56 Å². The zero-order chi connectivity index (χ0) is 13.4. The third-order valence-corrected chi connectivity index (χ3v) is 2.76. The summed E-state index contributed by atoms with van der Waals surface area (Å²) < 4.78 is 8.02. The van der Waals surface area contributed by atoms with Crippen molar-refractivity contribution in [1.82, 2.24) is 14.2 Å². The molecule has 0 aliphatic carbocycles. The van der Waals surface area contributed by atoms with Crippen LogP contribution in [0.3, 0.4) is 0 Å². The molecule has 0 spiro atoms. The third-order valence-electron chi connectivity index (χ3n) is 2.76. The first-order valence-corrected chi connectivity index (χ1v) is 5.48. The second-order valence-electron chi connectivity index (χ2n) is 4.00. The van der Waals surface area contributed by atoms with Crippen LogP contribution in [0.5, 0.6) is 0 Å². The molecule has 96 valence electrons. The minimum absolute atomic E-state index is 0.0634. The summed E-state index contributed by atoms with van der Waals surface area (Å²) in [6.45, 7) is 0.174. The van der Waals surface area contributed by atoms with Gasteiger partial charge in [0.05, 0.1) is 18.3 Å². The lowest BCUT2D eigenvalue weighted by Gasteiger charge is -2.03. The zero-order valence-corrected chi connectivity index (χ0v) is 9.68. The topological polar surface area (TPSA) is 89.7 Å². The van der Waals surface area contributed by atoms with Gasteiger partial charge in [0.1, 0.15) is 17.5 Å². The molecular formula is C12H9N3O4. The van der Waals surface area contributed by atoms with E-state index in [-0.39, 0.29) is 17.7 Å². The molecule has 19 heavy (non-hydrogen) atoms. The van der Waals surface area contributed by atoms with E-state index in [0.29, 0.717) is 11.3 Å². The average molecular weight is 259 g/mol. The molecule has 0 unspecified atom stereocenters. The van der Waals surface area contributed by atoms with Crippen molar-refractivity contribution < 1.29 is 14.3 Å². The highest BCUT2D eigenvalue weighted by molar-refractivity contribution is 5.87. The molecule has 0 aliphatic rings. The molecule has 0 aliphatic heterocycles. The Kier molecular flexibility index (Phi) is 2.45. The Hall–Kier alpha value is -2.83. The Labute approximate surface area is 106 Å². The van der Waals surface area contributed by atoms with Gasteiger partial charge in [0, 0.05) is 12.4 Å². The van der Waals surface area contributed by atoms with Crippen LogP contribution in [0.15, 0.2) is 46.2 Å². The standard InChI is InChI=1S/C12H9N3O4/c16-11-10-1-2-13-15(10)4-3-14(11)6-9-5-8(7-19-9)12(17)18/h1-5,7H,6H2,(H,17,18). The monoisotopic (exact) mass is 259 g/mol. The molecule has 0 atom stereocenters. The fourth-order valence-corrected chi connectivity index (χ4v) is 1.83. The minimum Gasteiger partial charge on any atom is -0.478 e. The van der Waals surface area contributed by atoms with Gasteiger partial charge in [0.15, 0.2) is 0 Å².